The van der Waals surface area contributed by atoms with E-state index in [1.54, 1.807) is 0 Å². The van der Waals surface area contributed by atoms with Gasteiger partial charge in [0, 0.05) is 0 Å². The molecule has 1 fully saturated rings. The molecule has 1 N–H and O–H groups in total. The van der Waals surface area contributed by atoms with Crippen molar-refractivity contribution in [3.05, 3.63) is 12.2 Å². The number of rotatable bonds is 2. The summed E-state index contributed by atoms with van der Waals surface area (Å²) in [6.45, 7) is 4.38. The van der Waals surface area contributed by atoms with E-state index in [2.05, 4.69) is 26.0 Å². The van der Waals surface area contributed by atoms with Crippen LogP contribution in [0.15, 0.2) is 12.2 Å². The standard InChI is InChI=1S/C11H16O2/c1-7(2)11-4-3-8(5-11)9(6-11)10(12)13/h3-4,7-9H,5-6H2,1-2H3,(H,12,13). The van der Waals surface area contributed by atoms with Crippen molar-refractivity contribution in [2.75, 3.05) is 0 Å². The summed E-state index contributed by atoms with van der Waals surface area (Å²) < 4.78 is 0. The molecule has 0 amide bonds. The van der Waals surface area contributed by atoms with E-state index < -0.39 is 5.97 Å². The zero-order chi connectivity index (χ0) is 9.64. The molecule has 2 rings (SSSR count). The Hall–Kier alpha value is -0.790. The smallest absolute Gasteiger partial charge is 0.307 e. The molecular weight excluding hydrogens is 164 g/mol. The first kappa shape index (κ1) is 8.79. The fraction of sp³-hybridized carbons (Fsp3) is 0.727. The average Bonchev–Trinajstić information content (AvgIpc) is 2.60. The summed E-state index contributed by atoms with van der Waals surface area (Å²) in [6, 6.07) is 0. The summed E-state index contributed by atoms with van der Waals surface area (Å²) in [5.41, 5.74) is 0.202. The second-order valence-electron chi connectivity index (χ2n) is 4.76. The first-order valence-electron chi connectivity index (χ1n) is 4.97. The number of hydrogen-bond acceptors (Lipinski definition) is 1. The van der Waals surface area contributed by atoms with Crippen LogP contribution in [0.3, 0.4) is 0 Å². The second-order valence-corrected chi connectivity index (χ2v) is 4.76. The van der Waals surface area contributed by atoms with Crippen LogP contribution in [-0.4, -0.2) is 11.1 Å². The lowest BCUT2D eigenvalue weighted by molar-refractivity contribution is -0.142. The highest BCUT2D eigenvalue weighted by Gasteiger charge is 2.50. The SMILES string of the molecule is CC(C)C12C=CC(C1)C(C(=O)O)C2. The molecule has 3 atom stereocenters. The monoisotopic (exact) mass is 180 g/mol. The fourth-order valence-corrected chi connectivity index (χ4v) is 2.81. The number of fused-ring (bicyclic) bond motifs is 2. The van der Waals surface area contributed by atoms with Crippen molar-refractivity contribution >= 4 is 5.97 Å². The van der Waals surface area contributed by atoms with Crippen molar-refractivity contribution in [2.24, 2.45) is 23.2 Å². The van der Waals surface area contributed by atoms with E-state index in [1.807, 2.05) is 0 Å². The van der Waals surface area contributed by atoms with Crippen molar-refractivity contribution in [3.8, 4) is 0 Å². The molecule has 2 aliphatic carbocycles. The molecule has 13 heavy (non-hydrogen) atoms. The van der Waals surface area contributed by atoms with E-state index in [4.69, 9.17) is 5.11 Å². The topological polar surface area (TPSA) is 37.3 Å². The van der Waals surface area contributed by atoms with Gasteiger partial charge in [0.2, 0.25) is 0 Å². The summed E-state index contributed by atoms with van der Waals surface area (Å²) in [6.07, 6.45) is 6.27. The Morgan fingerprint density at radius 2 is 2.23 bits per heavy atom. The molecular formula is C11H16O2. The van der Waals surface area contributed by atoms with Gasteiger partial charge < -0.3 is 5.11 Å². The van der Waals surface area contributed by atoms with E-state index in [-0.39, 0.29) is 11.3 Å². The molecule has 0 saturated heterocycles. The quantitative estimate of drug-likeness (QED) is 0.662. The predicted molar refractivity (Wildman–Crippen MR) is 50.3 cm³/mol. The van der Waals surface area contributed by atoms with Crippen LogP contribution < -0.4 is 0 Å². The predicted octanol–water partition coefficient (Wildman–Crippen LogP) is 2.31. The van der Waals surface area contributed by atoms with E-state index >= 15 is 0 Å². The van der Waals surface area contributed by atoms with Gasteiger partial charge in [-0.05, 0) is 30.1 Å². The van der Waals surface area contributed by atoms with Crippen molar-refractivity contribution < 1.29 is 9.90 Å². The van der Waals surface area contributed by atoms with Crippen LogP contribution in [0.1, 0.15) is 26.7 Å². The summed E-state index contributed by atoms with van der Waals surface area (Å²) >= 11 is 0. The highest BCUT2D eigenvalue weighted by molar-refractivity contribution is 5.72. The summed E-state index contributed by atoms with van der Waals surface area (Å²) in [5, 5.41) is 9.00. The third kappa shape index (κ3) is 1.11. The maximum atomic E-state index is 10.9. The van der Waals surface area contributed by atoms with Crippen LogP contribution in [0.5, 0.6) is 0 Å². The zero-order valence-corrected chi connectivity index (χ0v) is 8.16. The molecule has 0 aliphatic heterocycles. The van der Waals surface area contributed by atoms with Gasteiger partial charge >= 0.3 is 5.97 Å². The Bertz CT molecular complexity index is 267. The van der Waals surface area contributed by atoms with Gasteiger partial charge in [0.1, 0.15) is 0 Å². The fourth-order valence-electron chi connectivity index (χ4n) is 2.81. The van der Waals surface area contributed by atoms with Crippen molar-refractivity contribution in [2.45, 2.75) is 26.7 Å². The Morgan fingerprint density at radius 3 is 2.62 bits per heavy atom. The molecule has 0 heterocycles. The Balaban J connectivity index is 2.23. The van der Waals surface area contributed by atoms with Gasteiger partial charge in [0.25, 0.3) is 0 Å². The van der Waals surface area contributed by atoms with Gasteiger partial charge in [-0.1, -0.05) is 26.0 Å². The lowest BCUT2D eigenvalue weighted by Crippen LogP contribution is -2.24. The molecule has 2 bridgehead atoms. The van der Waals surface area contributed by atoms with Crippen LogP contribution in [0, 0.1) is 23.2 Å². The number of carboxylic acid groups (broad SMARTS) is 1. The van der Waals surface area contributed by atoms with E-state index in [0.29, 0.717) is 11.8 Å². The lowest BCUT2D eigenvalue weighted by Gasteiger charge is -2.29. The minimum atomic E-state index is -0.614. The second kappa shape index (κ2) is 2.60. The zero-order valence-electron chi connectivity index (χ0n) is 8.16. The van der Waals surface area contributed by atoms with Gasteiger partial charge in [-0.25, -0.2) is 0 Å². The van der Waals surface area contributed by atoms with Gasteiger partial charge in [0.15, 0.2) is 0 Å². The number of carboxylic acids is 1. The molecule has 2 aliphatic rings. The van der Waals surface area contributed by atoms with Gasteiger partial charge in [-0.2, -0.15) is 0 Å². The van der Waals surface area contributed by atoms with E-state index in [0.717, 1.165) is 12.8 Å². The molecule has 0 spiro atoms. The molecule has 2 heteroatoms. The number of aliphatic carboxylic acids is 1. The van der Waals surface area contributed by atoms with Gasteiger partial charge in [-0.15, -0.1) is 0 Å². The van der Waals surface area contributed by atoms with Crippen LogP contribution in [0.25, 0.3) is 0 Å². The minimum Gasteiger partial charge on any atom is -0.481 e. The molecule has 0 aromatic rings. The Morgan fingerprint density at radius 1 is 1.54 bits per heavy atom. The van der Waals surface area contributed by atoms with Crippen molar-refractivity contribution in [1.29, 1.82) is 0 Å². The van der Waals surface area contributed by atoms with E-state index in [1.165, 1.54) is 0 Å². The normalized spacial score (nSPS) is 41.8. The maximum absolute atomic E-state index is 10.9. The molecule has 0 aromatic heterocycles. The first-order valence-corrected chi connectivity index (χ1v) is 4.97. The largest absolute Gasteiger partial charge is 0.481 e. The third-order valence-electron chi connectivity index (χ3n) is 3.87. The first-order chi connectivity index (χ1) is 6.05. The molecule has 72 valence electrons. The van der Waals surface area contributed by atoms with Gasteiger partial charge in [0.05, 0.1) is 5.92 Å². The molecule has 2 nitrogen and oxygen atoms in total. The number of allylic oxidation sites excluding steroid dienone is 2. The summed E-state index contributed by atoms with van der Waals surface area (Å²) in [5.74, 6) is 0.141. The van der Waals surface area contributed by atoms with Crippen LogP contribution in [0.4, 0.5) is 0 Å². The number of carbonyl (C=O) groups is 1. The van der Waals surface area contributed by atoms with Crippen molar-refractivity contribution in [3.63, 3.8) is 0 Å². The molecule has 3 unspecified atom stereocenters. The van der Waals surface area contributed by atoms with Crippen LogP contribution in [-0.2, 0) is 4.79 Å². The van der Waals surface area contributed by atoms with E-state index in [9.17, 15) is 4.79 Å². The maximum Gasteiger partial charge on any atom is 0.307 e. The minimum absolute atomic E-state index is 0.118. The summed E-state index contributed by atoms with van der Waals surface area (Å²) in [7, 11) is 0. The highest BCUT2D eigenvalue weighted by atomic mass is 16.4. The highest BCUT2D eigenvalue weighted by Crippen LogP contribution is 2.56. The van der Waals surface area contributed by atoms with Crippen LogP contribution in [0.2, 0.25) is 0 Å². The molecule has 0 radical (unpaired) electrons. The third-order valence-corrected chi connectivity index (χ3v) is 3.87. The Labute approximate surface area is 78.6 Å². The number of hydrogen-bond donors (Lipinski definition) is 1. The Kier molecular flexibility index (Phi) is 1.76. The summed E-state index contributed by atoms with van der Waals surface area (Å²) in [4.78, 5) is 10.9. The van der Waals surface area contributed by atoms with Gasteiger partial charge in [-0.3, -0.25) is 4.79 Å². The molecule has 0 aromatic carbocycles. The lowest BCUT2D eigenvalue weighted by atomic mass is 9.75. The van der Waals surface area contributed by atoms with Crippen molar-refractivity contribution in [1.82, 2.24) is 0 Å². The average molecular weight is 180 g/mol. The molecule has 1 saturated carbocycles. The van der Waals surface area contributed by atoms with Crippen LogP contribution >= 0.6 is 0 Å².